The number of fused-ring (bicyclic) bond motifs is 1. The number of hydrogen-bond acceptors (Lipinski definition) is 4. The highest BCUT2D eigenvalue weighted by Crippen LogP contribution is 2.30. The van der Waals surface area contributed by atoms with Gasteiger partial charge in [-0.3, -0.25) is 4.90 Å². The Bertz CT molecular complexity index is 592. The Morgan fingerprint density at radius 1 is 1.35 bits per heavy atom. The van der Waals surface area contributed by atoms with Gasteiger partial charge in [-0.1, -0.05) is 25.1 Å². The van der Waals surface area contributed by atoms with Crippen molar-refractivity contribution in [1.29, 1.82) is 0 Å². The van der Waals surface area contributed by atoms with Crippen molar-refractivity contribution in [3.05, 3.63) is 35.9 Å². The molecule has 0 unspecified atom stereocenters. The first-order valence-electron chi connectivity index (χ1n) is 7.37. The maximum atomic E-state index is 5.64. The molecule has 20 heavy (non-hydrogen) atoms. The van der Waals surface area contributed by atoms with Crippen LogP contribution in [0, 0.1) is 5.92 Å². The topological polar surface area (TPSA) is 54.2 Å². The highest BCUT2D eigenvalue weighted by molar-refractivity contribution is 5.81. The lowest BCUT2D eigenvalue weighted by Crippen LogP contribution is -2.26. The number of hydrogen-bond donors (Lipinski definition) is 2. The molecular formula is C16H22N4. The van der Waals surface area contributed by atoms with E-state index in [0.29, 0.717) is 0 Å². The minimum atomic E-state index is 0.790. The van der Waals surface area contributed by atoms with Gasteiger partial charge in [0.15, 0.2) is 0 Å². The van der Waals surface area contributed by atoms with Crippen molar-refractivity contribution in [2.45, 2.75) is 26.3 Å². The van der Waals surface area contributed by atoms with Crippen molar-refractivity contribution >= 4 is 16.7 Å². The van der Waals surface area contributed by atoms with Gasteiger partial charge in [0.25, 0.3) is 0 Å². The molecule has 0 atom stereocenters. The smallest absolute Gasteiger partial charge is 0.145 e. The summed E-state index contributed by atoms with van der Waals surface area (Å²) < 4.78 is 0. The zero-order valence-electron chi connectivity index (χ0n) is 12.0. The molecule has 1 fully saturated rings. The van der Waals surface area contributed by atoms with Crippen LogP contribution in [0.5, 0.6) is 0 Å². The fourth-order valence-corrected chi connectivity index (χ4v) is 2.62. The molecular weight excluding hydrogens is 248 g/mol. The van der Waals surface area contributed by atoms with Crippen LogP contribution in [0.15, 0.2) is 30.3 Å². The summed E-state index contributed by atoms with van der Waals surface area (Å²) in [5.41, 5.74) is 4.90. The van der Waals surface area contributed by atoms with E-state index < -0.39 is 0 Å². The lowest BCUT2D eigenvalue weighted by Gasteiger charge is -2.21. The number of benzene rings is 1. The first kappa shape index (κ1) is 13.3. The summed E-state index contributed by atoms with van der Waals surface area (Å²) in [4.78, 5) is 7.09. The molecule has 4 nitrogen and oxygen atoms in total. The minimum absolute atomic E-state index is 0.790. The SMILES string of the molecule is CCN(Cc1cc2ccccc2nc1NN)CC1CC1. The molecule has 0 amide bonds. The quantitative estimate of drug-likeness (QED) is 0.626. The summed E-state index contributed by atoms with van der Waals surface area (Å²) in [5, 5.41) is 1.17. The van der Waals surface area contributed by atoms with Crippen LogP contribution in [0.25, 0.3) is 10.9 Å². The van der Waals surface area contributed by atoms with E-state index in [0.717, 1.165) is 30.3 Å². The van der Waals surface area contributed by atoms with Crippen molar-refractivity contribution in [1.82, 2.24) is 9.88 Å². The van der Waals surface area contributed by atoms with Crippen LogP contribution < -0.4 is 11.3 Å². The van der Waals surface area contributed by atoms with Crippen LogP contribution in [0.3, 0.4) is 0 Å². The normalized spacial score (nSPS) is 14.9. The number of nitrogens with two attached hydrogens (primary N) is 1. The van der Waals surface area contributed by atoms with Gasteiger partial charge in [0.1, 0.15) is 5.82 Å². The first-order valence-corrected chi connectivity index (χ1v) is 7.37. The van der Waals surface area contributed by atoms with Crippen molar-refractivity contribution in [2.24, 2.45) is 11.8 Å². The predicted octanol–water partition coefficient (Wildman–Crippen LogP) is 2.75. The van der Waals surface area contributed by atoms with E-state index >= 15 is 0 Å². The van der Waals surface area contributed by atoms with Crippen molar-refractivity contribution < 1.29 is 0 Å². The molecule has 0 spiro atoms. The number of nitrogens with zero attached hydrogens (tertiary/aromatic N) is 2. The van der Waals surface area contributed by atoms with Gasteiger partial charge in [0.05, 0.1) is 5.52 Å². The van der Waals surface area contributed by atoms with Crippen LogP contribution >= 0.6 is 0 Å². The van der Waals surface area contributed by atoms with Gasteiger partial charge in [-0.25, -0.2) is 10.8 Å². The molecule has 1 aromatic carbocycles. The maximum Gasteiger partial charge on any atom is 0.145 e. The van der Waals surface area contributed by atoms with E-state index in [9.17, 15) is 0 Å². The third-order valence-corrected chi connectivity index (χ3v) is 3.99. The molecule has 0 bridgehead atoms. The maximum absolute atomic E-state index is 5.64. The lowest BCUT2D eigenvalue weighted by atomic mass is 10.1. The number of pyridine rings is 1. The third-order valence-electron chi connectivity index (χ3n) is 3.99. The molecule has 1 saturated carbocycles. The molecule has 1 aliphatic rings. The number of hydrazine groups is 1. The standard InChI is InChI=1S/C16H22N4/c1-2-20(10-12-7-8-12)11-14-9-13-5-3-4-6-15(13)18-16(14)19-17/h3-6,9,12H,2,7-8,10-11,17H2,1H3,(H,18,19). The van der Waals surface area contributed by atoms with Gasteiger partial charge < -0.3 is 5.43 Å². The number of nitrogens with one attached hydrogen (secondary N) is 1. The van der Waals surface area contributed by atoms with Crippen LogP contribution in [0.2, 0.25) is 0 Å². The summed E-state index contributed by atoms with van der Waals surface area (Å²) in [5.74, 6) is 7.33. The molecule has 3 rings (SSSR count). The van der Waals surface area contributed by atoms with Gasteiger partial charge in [0, 0.05) is 24.0 Å². The number of anilines is 1. The second-order valence-electron chi connectivity index (χ2n) is 5.60. The third kappa shape index (κ3) is 2.92. The number of nitrogen functional groups attached to an aromatic ring is 1. The fraction of sp³-hybridized carbons (Fsp3) is 0.438. The molecule has 2 aromatic rings. The molecule has 0 aliphatic heterocycles. The van der Waals surface area contributed by atoms with Gasteiger partial charge in [-0.05, 0) is 37.4 Å². The van der Waals surface area contributed by atoms with E-state index in [-0.39, 0.29) is 0 Å². The average Bonchev–Trinajstić information content (AvgIpc) is 3.29. The predicted molar refractivity (Wildman–Crippen MR) is 83.2 cm³/mol. The van der Waals surface area contributed by atoms with Gasteiger partial charge in [-0.15, -0.1) is 0 Å². The summed E-state index contributed by atoms with van der Waals surface area (Å²) >= 11 is 0. The van der Waals surface area contributed by atoms with Crippen LogP contribution in [-0.2, 0) is 6.54 Å². The zero-order valence-corrected chi connectivity index (χ0v) is 12.0. The van der Waals surface area contributed by atoms with Gasteiger partial charge in [-0.2, -0.15) is 0 Å². The molecule has 1 aliphatic carbocycles. The van der Waals surface area contributed by atoms with Crippen LogP contribution in [0.4, 0.5) is 5.82 Å². The van der Waals surface area contributed by atoms with E-state index in [1.54, 1.807) is 0 Å². The Kier molecular flexibility index (Phi) is 3.85. The summed E-state index contributed by atoms with van der Waals surface area (Å²) in [6.07, 6.45) is 2.77. The molecule has 4 heteroatoms. The Hall–Kier alpha value is -1.65. The Balaban J connectivity index is 1.87. The lowest BCUT2D eigenvalue weighted by molar-refractivity contribution is 0.268. The van der Waals surface area contributed by atoms with E-state index in [4.69, 9.17) is 5.84 Å². The summed E-state index contributed by atoms with van der Waals surface area (Å²) in [6.45, 7) is 5.37. The Morgan fingerprint density at radius 2 is 2.15 bits per heavy atom. The Labute approximate surface area is 120 Å². The average molecular weight is 270 g/mol. The van der Waals surface area contributed by atoms with Gasteiger partial charge >= 0.3 is 0 Å². The highest BCUT2D eigenvalue weighted by atomic mass is 15.3. The molecule has 3 N–H and O–H groups in total. The second-order valence-corrected chi connectivity index (χ2v) is 5.60. The summed E-state index contributed by atoms with van der Waals surface area (Å²) in [7, 11) is 0. The second kappa shape index (κ2) is 5.77. The summed E-state index contributed by atoms with van der Waals surface area (Å²) in [6, 6.07) is 10.4. The van der Waals surface area contributed by atoms with E-state index in [1.165, 1.54) is 30.3 Å². The van der Waals surface area contributed by atoms with Crippen LogP contribution in [-0.4, -0.2) is 23.0 Å². The molecule has 0 saturated heterocycles. The van der Waals surface area contributed by atoms with Crippen molar-refractivity contribution in [2.75, 3.05) is 18.5 Å². The van der Waals surface area contributed by atoms with Crippen molar-refractivity contribution in [3.8, 4) is 0 Å². The van der Waals surface area contributed by atoms with E-state index in [1.807, 2.05) is 18.2 Å². The number of aromatic nitrogens is 1. The largest absolute Gasteiger partial charge is 0.308 e. The van der Waals surface area contributed by atoms with Crippen molar-refractivity contribution in [3.63, 3.8) is 0 Å². The minimum Gasteiger partial charge on any atom is -0.308 e. The fourth-order valence-electron chi connectivity index (χ4n) is 2.62. The highest BCUT2D eigenvalue weighted by Gasteiger charge is 2.24. The first-order chi connectivity index (χ1) is 9.80. The van der Waals surface area contributed by atoms with Gasteiger partial charge in [0.2, 0.25) is 0 Å². The number of para-hydroxylation sites is 1. The zero-order chi connectivity index (χ0) is 13.9. The van der Waals surface area contributed by atoms with E-state index in [2.05, 4.69) is 34.4 Å². The number of rotatable bonds is 6. The molecule has 1 aromatic heterocycles. The molecule has 106 valence electrons. The van der Waals surface area contributed by atoms with Crippen LogP contribution in [0.1, 0.15) is 25.3 Å². The Morgan fingerprint density at radius 3 is 2.85 bits per heavy atom. The molecule has 1 heterocycles. The monoisotopic (exact) mass is 270 g/mol. The molecule has 0 radical (unpaired) electrons.